The molecule has 2 N–H and O–H groups in total. The number of aromatic nitrogens is 1. The zero-order valence-corrected chi connectivity index (χ0v) is 14.7. The summed E-state index contributed by atoms with van der Waals surface area (Å²) in [5.74, 6) is -0.292. The maximum absolute atomic E-state index is 12.5. The van der Waals surface area contributed by atoms with E-state index in [1.807, 2.05) is 17.5 Å². The van der Waals surface area contributed by atoms with Crippen LogP contribution in [-0.4, -0.2) is 41.5 Å². The van der Waals surface area contributed by atoms with Gasteiger partial charge in [0.25, 0.3) is 11.5 Å². The van der Waals surface area contributed by atoms with E-state index in [4.69, 9.17) is 0 Å². The smallest absolute Gasteiger partial charge is 0.261 e. The van der Waals surface area contributed by atoms with Crippen LogP contribution in [0.5, 0.6) is 0 Å². The van der Waals surface area contributed by atoms with E-state index in [0.717, 1.165) is 36.6 Å². The van der Waals surface area contributed by atoms with Crippen molar-refractivity contribution in [2.45, 2.75) is 32.2 Å². The third kappa shape index (κ3) is 3.94. The summed E-state index contributed by atoms with van der Waals surface area (Å²) in [6.07, 6.45) is 3.32. The normalized spacial score (nSPS) is 16.2. The largest absolute Gasteiger partial charge is 0.348 e. The number of rotatable bonds is 6. The van der Waals surface area contributed by atoms with Gasteiger partial charge in [-0.05, 0) is 55.9 Å². The Morgan fingerprint density at radius 1 is 1.33 bits per heavy atom. The number of H-pyrrole nitrogens is 1. The van der Waals surface area contributed by atoms with Gasteiger partial charge in [0.15, 0.2) is 0 Å². The number of pyridine rings is 1. The van der Waals surface area contributed by atoms with Crippen LogP contribution >= 0.6 is 11.3 Å². The van der Waals surface area contributed by atoms with Crippen molar-refractivity contribution < 1.29 is 4.79 Å². The van der Waals surface area contributed by atoms with Gasteiger partial charge in [-0.25, -0.2) is 0 Å². The highest BCUT2D eigenvalue weighted by molar-refractivity contribution is 7.13. The molecule has 1 saturated heterocycles. The minimum Gasteiger partial charge on any atom is -0.348 e. The van der Waals surface area contributed by atoms with Crippen molar-refractivity contribution >= 4 is 17.2 Å². The van der Waals surface area contributed by atoms with Crippen molar-refractivity contribution in [1.82, 2.24) is 15.2 Å². The molecule has 128 valence electrons. The highest BCUT2D eigenvalue weighted by Crippen LogP contribution is 2.21. The Kier molecular flexibility index (Phi) is 5.48. The molecule has 5 nitrogen and oxygen atoms in total. The molecule has 3 heterocycles. The van der Waals surface area contributed by atoms with Crippen molar-refractivity contribution in [3.8, 4) is 10.6 Å². The minimum absolute atomic E-state index is 0.0759. The molecule has 0 radical (unpaired) electrons. The fourth-order valence-corrected chi connectivity index (χ4v) is 3.75. The Hall–Kier alpha value is -1.92. The van der Waals surface area contributed by atoms with E-state index in [-0.39, 0.29) is 23.1 Å². The van der Waals surface area contributed by atoms with Gasteiger partial charge in [0.05, 0.1) is 10.6 Å². The zero-order chi connectivity index (χ0) is 16.9. The molecule has 24 heavy (non-hydrogen) atoms. The molecule has 1 fully saturated rings. The Balaban J connectivity index is 1.68. The number of carbonyl (C=O) groups is 1. The molecule has 1 amide bonds. The van der Waals surface area contributed by atoms with Gasteiger partial charge in [0, 0.05) is 12.6 Å². The lowest BCUT2D eigenvalue weighted by Crippen LogP contribution is -2.44. The quantitative estimate of drug-likeness (QED) is 0.846. The van der Waals surface area contributed by atoms with Gasteiger partial charge in [-0.1, -0.05) is 13.0 Å². The lowest BCUT2D eigenvalue weighted by atomic mass is 10.1. The van der Waals surface area contributed by atoms with Crippen LogP contribution in [0.4, 0.5) is 0 Å². The number of hydrogen-bond donors (Lipinski definition) is 2. The molecule has 0 bridgehead atoms. The molecule has 0 spiro atoms. The molecule has 1 aliphatic heterocycles. The molecular weight excluding hydrogens is 322 g/mol. The van der Waals surface area contributed by atoms with Gasteiger partial charge in [0.1, 0.15) is 5.56 Å². The summed E-state index contributed by atoms with van der Waals surface area (Å²) < 4.78 is 0. The first-order valence-electron chi connectivity index (χ1n) is 8.48. The first-order chi connectivity index (χ1) is 11.7. The third-order valence-electron chi connectivity index (χ3n) is 4.45. The first-order valence-corrected chi connectivity index (χ1v) is 9.35. The van der Waals surface area contributed by atoms with Crippen LogP contribution in [0.25, 0.3) is 10.6 Å². The summed E-state index contributed by atoms with van der Waals surface area (Å²) in [7, 11) is 0. The molecule has 2 aromatic rings. The van der Waals surface area contributed by atoms with Crippen LogP contribution in [-0.2, 0) is 0 Å². The number of likely N-dealkylation sites (tertiary alicyclic amines) is 1. The summed E-state index contributed by atoms with van der Waals surface area (Å²) in [6.45, 7) is 5.11. The van der Waals surface area contributed by atoms with Crippen molar-refractivity contribution in [3.63, 3.8) is 0 Å². The number of hydrogen-bond acceptors (Lipinski definition) is 4. The SMILES string of the molecule is CC[C@@H](CN1CCCC1)NC(=O)c1ccc(-c2cccs2)[nH]c1=O. The average Bonchev–Trinajstić information content (AvgIpc) is 3.27. The molecule has 0 aliphatic carbocycles. The van der Waals surface area contributed by atoms with Crippen molar-refractivity contribution in [2.75, 3.05) is 19.6 Å². The standard InChI is InChI=1S/C18H23N3O2S/c1-2-13(12-21-9-3-4-10-21)19-17(22)14-7-8-15(20-18(14)23)16-6-5-11-24-16/h5-8,11,13H,2-4,9-10,12H2,1H3,(H,19,22)(H,20,23)/t13-/m0/s1. The van der Waals surface area contributed by atoms with E-state index in [9.17, 15) is 9.59 Å². The Morgan fingerprint density at radius 2 is 2.12 bits per heavy atom. The van der Waals surface area contributed by atoms with E-state index in [1.54, 1.807) is 23.5 Å². The van der Waals surface area contributed by atoms with E-state index >= 15 is 0 Å². The lowest BCUT2D eigenvalue weighted by molar-refractivity contribution is 0.0924. The molecule has 1 aliphatic rings. The topological polar surface area (TPSA) is 65.2 Å². The highest BCUT2D eigenvalue weighted by Gasteiger charge is 2.20. The van der Waals surface area contributed by atoms with Crippen LogP contribution in [0, 0.1) is 0 Å². The van der Waals surface area contributed by atoms with E-state index in [2.05, 4.69) is 22.1 Å². The zero-order valence-electron chi connectivity index (χ0n) is 13.9. The summed E-state index contributed by atoms with van der Waals surface area (Å²) in [5.41, 5.74) is 0.584. The molecule has 6 heteroatoms. The minimum atomic E-state index is -0.338. The van der Waals surface area contributed by atoms with Gasteiger partial charge < -0.3 is 15.2 Å². The van der Waals surface area contributed by atoms with Gasteiger partial charge in [0.2, 0.25) is 0 Å². The number of carbonyl (C=O) groups excluding carboxylic acids is 1. The summed E-state index contributed by atoms with van der Waals surface area (Å²) >= 11 is 1.55. The Labute approximate surface area is 145 Å². The van der Waals surface area contributed by atoms with Gasteiger partial charge in [-0.2, -0.15) is 0 Å². The second-order valence-electron chi connectivity index (χ2n) is 6.18. The molecule has 1 atom stereocenters. The summed E-state index contributed by atoms with van der Waals surface area (Å²) in [6, 6.07) is 7.36. The maximum Gasteiger partial charge on any atom is 0.261 e. The number of nitrogens with one attached hydrogen (secondary N) is 2. The average molecular weight is 345 g/mol. The number of nitrogens with zero attached hydrogens (tertiary/aromatic N) is 1. The Morgan fingerprint density at radius 3 is 2.75 bits per heavy atom. The van der Waals surface area contributed by atoms with Crippen LogP contribution in [0.1, 0.15) is 36.5 Å². The van der Waals surface area contributed by atoms with E-state index < -0.39 is 0 Å². The lowest BCUT2D eigenvalue weighted by Gasteiger charge is -2.23. The van der Waals surface area contributed by atoms with Crippen molar-refractivity contribution in [3.05, 3.63) is 45.6 Å². The third-order valence-corrected chi connectivity index (χ3v) is 5.35. The monoisotopic (exact) mass is 345 g/mol. The summed E-state index contributed by atoms with van der Waals surface area (Å²) in [5, 5.41) is 4.96. The van der Waals surface area contributed by atoms with Crippen LogP contribution in [0.2, 0.25) is 0 Å². The fourth-order valence-electron chi connectivity index (χ4n) is 3.04. The molecule has 3 rings (SSSR count). The first kappa shape index (κ1) is 16.9. The van der Waals surface area contributed by atoms with Crippen LogP contribution in [0.3, 0.4) is 0 Å². The summed E-state index contributed by atoms with van der Waals surface area (Å²) in [4.78, 5) is 30.9. The molecule has 0 saturated carbocycles. The van der Waals surface area contributed by atoms with Crippen molar-refractivity contribution in [2.24, 2.45) is 0 Å². The van der Waals surface area contributed by atoms with Gasteiger partial charge in [-0.15, -0.1) is 11.3 Å². The van der Waals surface area contributed by atoms with E-state index in [1.165, 1.54) is 12.8 Å². The molecule has 2 aromatic heterocycles. The molecule has 0 aromatic carbocycles. The highest BCUT2D eigenvalue weighted by atomic mass is 32.1. The predicted molar refractivity (Wildman–Crippen MR) is 97.6 cm³/mol. The van der Waals surface area contributed by atoms with Gasteiger partial charge >= 0.3 is 0 Å². The van der Waals surface area contributed by atoms with Gasteiger partial charge in [-0.3, -0.25) is 9.59 Å². The maximum atomic E-state index is 12.5. The molecular formula is C18H23N3O2S. The van der Waals surface area contributed by atoms with Crippen LogP contribution in [0.15, 0.2) is 34.4 Å². The van der Waals surface area contributed by atoms with Crippen molar-refractivity contribution in [1.29, 1.82) is 0 Å². The second-order valence-corrected chi connectivity index (χ2v) is 7.13. The van der Waals surface area contributed by atoms with E-state index in [0.29, 0.717) is 0 Å². The predicted octanol–water partition coefficient (Wildman–Crippen LogP) is 2.71. The Bertz CT molecular complexity index is 733. The second kappa shape index (κ2) is 7.77. The van der Waals surface area contributed by atoms with Crippen LogP contribution < -0.4 is 10.9 Å². The molecule has 0 unspecified atom stereocenters. The number of amides is 1. The number of thiophene rings is 1. The fraction of sp³-hybridized carbons (Fsp3) is 0.444. The number of aromatic amines is 1.